The maximum atomic E-state index is 13.1. The number of hydrogen-bond acceptors (Lipinski definition) is 9. The third kappa shape index (κ3) is 3.39. The first-order chi connectivity index (χ1) is 19.2. The van der Waals surface area contributed by atoms with Gasteiger partial charge in [-0.1, -0.05) is 26.8 Å². The van der Waals surface area contributed by atoms with Crippen LogP contribution in [0.25, 0.3) is 0 Å². The molecule has 0 saturated heterocycles. The molecule has 4 fully saturated rings. The quantitative estimate of drug-likeness (QED) is 0.305. The average Bonchev–Trinajstić information content (AvgIpc) is 3.57. The second-order valence-corrected chi connectivity index (χ2v) is 13.7. The van der Waals surface area contributed by atoms with Gasteiger partial charge in [0, 0.05) is 51.7 Å². The lowest BCUT2D eigenvalue weighted by Gasteiger charge is -2.68. The second kappa shape index (κ2) is 8.80. The summed E-state index contributed by atoms with van der Waals surface area (Å²) < 4.78 is 22.4. The van der Waals surface area contributed by atoms with Crippen LogP contribution in [0.3, 0.4) is 0 Å². The number of carbonyl (C=O) groups excluding carboxylic acids is 3. The molecule has 1 aromatic heterocycles. The first-order valence-electron chi connectivity index (χ1n) is 14.5. The third-order valence-electron chi connectivity index (χ3n) is 12.1. The molecule has 4 aliphatic carbocycles. The van der Waals surface area contributed by atoms with E-state index in [2.05, 4.69) is 0 Å². The Morgan fingerprint density at radius 2 is 1.95 bits per heavy atom. The van der Waals surface area contributed by atoms with Crippen molar-refractivity contribution in [1.82, 2.24) is 0 Å². The first kappa shape index (κ1) is 28.2. The van der Waals surface area contributed by atoms with Crippen LogP contribution in [-0.4, -0.2) is 52.5 Å². The van der Waals surface area contributed by atoms with Crippen molar-refractivity contribution in [3.63, 3.8) is 0 Å². The van der Waals surface area contributed by atoms with Gasteiger partial charge in [0.1, 0.15) is 12.2 Å². The number of aliphatic hydroxyl groups is 2. The van der Waals surface area contributed by atoms with Crippen LogP contribution < -0.4 is 0 Å². The van der Waals surface area contributed by atoms with Crippen molar-refractivity contribution in [1.29, 1.82) is 0 Å². The van der Waals surface area contributed by atoms with Crippen molar-refractivity contribution < 1.29 is 43.2 Å². The van der Waals surface area contributed by atoms with Gasteiger partial charge in [-0.2, -0.15) is 0 Å². The largest absolute Gasteiger partial charge is 0.472 e. The Kier molecular flexibility index (Phi) is 6.06. The van der Waals surface area contributed by atoms with E-state index in [1.54, 1.807) is 32.3 Å². The van der Waals surface area contributed by atoms with Crippen molar-refractivity contribution in [2.24, 2.45) is 34.0 Å². The molecule has 0 spiro atoms. The normalized spacial score (nSPS) is 46.2. The molecule has 0 aromatic carbocycles. The summed E-state index contributed by atoms with van der Waals surface area (Å²) in [5, 5.41) is 25.6. The van der Waals surface area contributed by atoms with Crippen LogP contribution in [0.2, 0.25) is 0 Å². The van der Waals surface area contributed by atoms with Gasteiger partial charge >= 0.3 is 17.9 Å². The molecule has 4 saturated carbocycles. The maximum Gasteiger partial charge on any atom is 0.333 e. The summed E-state index contributed by atoms with van der Waals surface area (Å²) in [7, 11) is 1.34. The molecule has 0 amide bonds. The molecule has 222 valence electrons. The summed E-state index contributed by atoms with van der Waals surface area (Å²) in [4.78, 5) is 39.0. The number of methoxy groups -OCH3 is 1. The van der Waals surface area contributed by atoms with Crippen LogP contribution in [0.15, 0.2) is 46.3 Å². The molecule has 1 aromatic rings. The predicted molar refractivity (Wildman–Crippen MR) is 145 cm³/mol. The van der Waals surface area contributed by atoms with Crippen LogP contribution in [0.5, 0.6) is 0 Å². The number of carbonyl (C=O) groups is 3. The predicted octanol–water partition coefficient (Wildman–Crippen LogP) is 4.19. The van der Waals surface area contributed by atoms with Gasteiger partial charge in [0.05, 0.1) is 30.8 Å². The highest BCUT2D eigenvalue weighted by molar-refractivity contribution is 5.88. The zero-order chi connectivity index (χ0) is 29.8. The highest BCUT2D eigenvalue weighted by Crippen LogP contribution is 2.81. The molecule has 10 atom stereocenters. The number of hydrogen-bond donors (Lipinski definition) is 2. The van der Waals surface area contributed by atoms with Gasteiger partial charge in [-0.25, -0.2) is 9.59 Å². The molecule has 1 aliphatic heterocycles. The van der Waals surface area contributed by atoms with Crippen molar-refractivity contribution in [3.8, 4) is 0 Å². The Bertz CT molecular complexity index is 1360. The first-order valence-corrected chi connectivity index (χ1v) is 14.5. The summed E-state index contributed by atoms with van der Waals surface area (Å²) in [6.07, 6.45) is 6.36. The van der Waals surface area contributed by atoms with Crippen LogP contribution in [0, 0.1) is 34.0 Å². The Balaban J connectivity index is 1.51. The fourth-order valence-corrected chi connectivity index (χ4v) is 10.2. The number of rotatable bonds is 5. The number of ether oxygens (including phenoxy) is 3. The lowest BCUT2D eigenvalue weighted by atomic mass is 9.39. The van der Waals surface area contributed by atoms with Crippen LogP contribution in [-0.2, 0) is 28.6 Å². The molecular formula is C32H40O9. The highest BCUT2D eigenvalue weighted by Gasteiger charge is 2.84. The SMILES string of the molecule is C/C=C(\C)C(=O)O[C@@H]1[C@@H]2C[C@]3(O)C4=CC(=O)O[C@@H](c5ccoc5)[C@]4(C)CC[C@@H]3[C@]3(C)[C@@H](CC(=O)OC)[C@@]1(C)C[C@]23O. The van der Waals surface area contributed by atoms with Crippen molar-refractivity contribution in [2.45, 2.75) is 90.1 Å². The van der Waals surface area contributed by atoms with E-state index < -0.39 is 75.3 Å². The zero-order valence-electron chi connectivity index (χ0n) is 24.6. The minimum absolute atomic E-state index is 0.0117. The van der Waals surface area contributed by atoms with Gasteiger partial charge in [-0.15, -0.1) is 0 Å². The van der Waals surface area contributed by atoms with E-state index in [1.807, 2.05) is 20.8 Å². The van der Waals surface area contributed by atoms with Crippen LogP contribution in [0.4, 0.5) is 0 Å². The van der Waals surface area contributed by atoms with Gasteiger partial charge in [-0.3, -0.25) is 4.79 Å². The van der Waals surface area contributed by atoms with Crippen molar-refractivity contribution in [3.05, 3.63) is 47.5 Å². The number of fused-ring (bicyclic) bond motifs is 5. The van der Waals surface area contributed by atoms with Crippen molar-refractivity contribution >= 4 is 17.9 Å². The Hall–Kier alpha value is -2.91. The minimum atomic E-state index is -1.51. The molecule has 2 heterocycles. The van der Waals surface area contributed by atoms with E-state index in [9.17, 15) is 24.6 Å². The van der Waals surface area contributed by atoms with E-state index >= 15 is 0 Å². The molecule has 0 radical (unpaired) electrons. The minimum Gasteiger partial charge on any atom is -0.472 e. The second-order valence-electron chi connectivity index (χ2n) is 13.7. The van der Waals surface area contributed by atoms with Gasteiger partial charge < -0.3 is 28.8 Å². The topological polar surface area (TPSA) is 132 Å². The summed E-state index contributed by atoms with van der Waals surface area (Å²) in [5.74, 6) is -2.99. The van der Waals surface area contributed by atoms with E-state index in [0.717, 1.165) is 0 Å². The van der Waals surface area contributed by atoms with E-state index in [0.29, 0.717) is 36.0 Å². The Morgan fingerprint density at radius 3 is 2.59 bits per heavy atom. The van der Waals surface area contributed by atoms with Crippen molar-refractivity contribution in [2.75, 3.05) is 7.11 Å². The molecule has 9 heteroatoms. The van der Waals surface area contributed by atoms with E-state index in [-0.39, 0.29) is 12.8 Å². The molecule has 0 unspecified atom stereocenters. The molecule has 2 bridgehead atoms. The Morgan fingerprint density at radius 1 is 1.22 bits per heavy atom. The highest BCUT2D eigenvalue weighted by atomic mass is 16.6. The lowest BCUT2D eigenvalue weighted by molar-refractivity contribution is -0.277. The summed E-state index contributed by atoms with van der Waals surface area (Å²) in [6, 6.07) is 1.77. The Labute approximate surface area is 239 Å². The van der Waals surface area contributed by atoms with Gasteiger partial charge in [0.2, 0.25) is 0 Å². The number of furan rings is 1. The maximum absolute atomic E-state index is 13.1. The molecule has 5 aliphatic rings. The number of cyclic esters (lactones) is 1. The van der Waals surface area contributed by atoms with Gasteiger partial charge in [0.25, 0.3) is 0 Å². The van der Waals surface area contributed by atoms with E-state index in [1.165, 1.54) is 19.4 Å². The fourth-order valence-electron chi connectivity index (χ4n) is 10.2. The fraction of sp³-hybridized carbons (Fsp3) is 0.656. The van der Waals surface area contributed by atoms with E-state index in [4.69, 9.17) is 18.6 Å². The third-order valence-corrected chi connectivity index (χ3v) is 12.1. The van der Waals surface area contributed by atoms with Gasteiger partial charge in [0.15, 0.2) is 0 Å². The molecule has 9 nitrogen and oxygen atoms in total. The number of allylic oxidation sites excluding steroid dienone is 1. The monoisotopic (exact) mass is 568 g/mol. The summed E-state index contributed by atoms with van der Waals surface area (Å²) >= 11 is 0. The summed E-state index contributed by atoms with van der Waals surface area (Å²) in [6.45, 7) is 9.39. The molecule has 6 rings (SSSR count). The molecular weight excluding hydrogens is 528 g/mol. The molecule has 41 heavy (non-hydrogen) atoms. The van der Waals surface area contributed by atoms with Crippen LogP contribution in [0.1, 0.15) is 78.4 Å². The van der Waals surface area contributed by atoms with Gasteiger partial charge in [-0.05, 0) is 57.1 Å². The smallest absolute Gasteiger partial charge is 0.333 e. The average molecular weight is 569 g/mol. The number of esters is 3. The standard InChI is InChI=1S/C32H40O9/c1-7-17(2)27(35)41-26-19-14-31(36)20(30(5)21(12-23(33)38-6)29(26,4)16-32(19,30)37)8-10-28(3)22(31)13-24(34)40-25(28)18-9-11-39-15-18/h7,9,11,13,15,19-21,25-26,36-37H,8,10,12,14,16H2,1-6H3/b17-7+/t19-,20+,21-,25-,26+,28+,29+,30+,31+,32-/m0/s1. The van der Waals surface area contributed by atoms with Crippen LogP contribution >= 0.6 is 0 Å². The summed E-state index contributed by atoms with van der Waals surface area (Å²) in [5.41, 5.74) is -3.49. The molecule has 2 N–H and O–H groups in total. The lowest BCUT2D eigenvalue weighted by Crippen LogP contribution is -2.73. The zero-order valence-corrected chi connectivity index (χ0v) is 24.6.